The Labute approximate surface area is 143 Å². The molecule has 2 aromatic heterocycles. The molecule has 2 aromatic rings. The lowest BCUT2D eigenvalue weighted by Crippen LogP contribution is -2.53. The van der Waals surface area contributed by atoms with E-state index in [1.807, 2.05) is 23.4 Å². The number of nitrogens with one attached hydrogen (secondary N) is 1. The number of carbonyl (C=O) groups excluding carboxylic acids is 1. The molecule has 0 spiro atoms. The normalized spacial score (nSPS) is 20.1. The molecule has 0 atom stereocenters. The third-order valence-corrected chi connectivity index (χ3v) is 5.40. The quantitative estimate of drug-likeness (QED) is 0.939. The number of carbonyl (C=O) groups is 1. The van der Waals surface area contributed by atoms with Crippen molar-refractivity contribution in [2.45, 2.75) is 32.1 Å². The summed E-state index contributed by atoms with van der Waals surface area (Å²) in [7, 11) is 0. The lowest BCUT2D eigenvalue weighted by molar-refractivity contribution is -0.138. The molecule has 24 heavy (non-hydrogen) atoms. The van der Waals surface area contributed by atoms with Crippen LogP contribution >= 0.6 is 0 Å². The van der Waals surface area contributed by atoms with Crippen molar-refractivity contribution >= 4 is 16.8 Å². The van der Waals surface area contributed by atoms with Crippen molar-refractivity contribution < 1.29 is 4.79 Å². The van der Waals surface area contributed by atoms with Crippen molar-refractivity contribution in [3.05, 3.63) is 30.2 Å². The fraction of sp³-hybridized carbons (Fsp3) is 0.579. The summed E-state index contributed by atoms with van der Waals surface area (Å²) in [6.45, 7) is 4.54. The predicted octanol–water partition coefficient (Wildman–Crippen LogP) is 2.44. The van der Waals surface area contributed by atoms with Gasteiger partial charge in [0.1, 0.15) is 0 Å². The maximum absolute atomic E-state index is 12.4. The Hall–Kier alpha value is -1.88. The van der Waals surface area contributed by atoms with Gasteiger partial charge in [-0.1, -0.05) is 12.8 Å². The SMILES string of the molecule is O=C(CN1CCCCCC1)N1CC(Cc2nccc3cc[nH]c23)C1. The summed E-state index contributed by atoms with van der Waals surface area (Å²) in [4.78, 5) is 24.6. The molecule has 0 aliphatic carbocycles. The fourth-order valence-electron chi connectivity index (χ4n) is 3.96. The molecule has 4 rings (SSSR count). The summed E-state index contributed by atoms with van der Waals surface area (Å²) >= 11 is 0. The van der Waals surface area contributed by atoms with E-state index in [-0.39, 0.29) is 0 Å². The van der Waals surface area contributed by atoms with Gasteiger partial charge in [0, 0.05) is 30.9 Å². The largest absolute Gasteiger partial charge is 0.360 e. The molecule has 1 amide bonds. The van der Waals surface area contributed by atoms with Crippen LogP contribution in [0.25, 0.3) is 10.9 Å². The standard InChI is InChI=1S/C19H26N4O/c24-18(14-22-9-3-1-2-4-10-22)23-12-15(13-23)11-17-19-16(5-7-20-17)6-8-21-19/h5-8,15,21H,1-4,9-14H2. The number of hydrogen-bond acceptors (Lipinski definition) is 3. The summed E-state index contributed by atoms with van der Waals surface area (Å²) in [6, 6.07) is 4.12. The second-order valence-electron chi connectivity index (χ2n) is 7.26. The van der Waals surface area contributed by atoms with Crippen molar-refractivity contribution in [1.29, 1.82) is 0 Å². The Morgan fingerprint density at radius 1 is 1.17 bits per heavy atom. The van der Waals surface area contributed by atoms with E-state index in [2.05, 4.69) is 20.9 Å². The zero-order valence-corrected chi connectivity index (χ0v) is 14.2. The van der Waals surface area contributed by atoms with Gasteiger partial charge in [0.2, 0.25) is 5.91 Å². The second-order valence-corrected chi connectivity index (χ2v) is 7.26. The van der Waals surface area contributed by atoms with E-state index in [0.717, 1.165) is 43.8 Å². The highest BCUT2D eigenvalue weighted by Gasteiger charge is 2.32. The van der Waals surface area contributed by atoms with Crippen LogP contribution in [0, 0.1) is 5.92 Å². The Morgan fingerprint density at radius 2 is 1.96 bits per heavy atom. The minimum absolute atomic E-state index is 0.305. The number of amides is 1. The summed E-state index contributed by atoms with van der Waals surface area (Å²) in [5.41, 5.74) is 2.27. The van der Waals surface area contributed by atoms with Gasteiger partial charge in [0.05, 0.1) is 17.8 Å². The first-order valence-electron chi connectivity index (χ1n) is 9.21. The van der Waals surface area contributed by atoms with Crippen molar-refractivity contribution in [2.24, 2.45) is 5.92 Å². The maximum Gasteiger partial charge on any atom is 0.236 e. The lowest BCUT2D eigenvalue weighted by Gasteiger charge is -2.40. The van der Waals surface area contributed by atoms with E-state index >= 15 is 0 Å². The maximum atomic E-state index is 12.4. The van der Waals surface area contributed by atoms with Crippen molar-refractivity contribution in [1.82, 2.24) is 19.8 Å². The van der Waals surface area contributed by atoms with Gasteiger partial charge in [0.15, 0.2) is 0 Å². The van der Waals surface area contributed by atoms with Gasteiger partial charge in [-0.25, -0.2) is 0 Å². The predicted molar refractivity (Wildman–Crippen MR) is 94.8 cm³/mol. The molecule has 5 heteroatoms. The summed E-state index contributed by atoms with van der Waals surface area (Å²) < 4.78 is 0. The monoisotopic (exact) mass is 326 g/mol. The van der Waals surface area contributed by atoms with Gasteiger partial charge in [-0.05, 0) is 50.4 Å². The Bertz CT molecular complexity index is 696. The molecule has 128 valence electrons. The molecule has 2 aliphatic heterocycles. The van der Waals surface area contributed by atoms with E-state index in [4.69, 9.17) is 0 Å². The average Bonchev–Trinajstić information content (AvgIpc) is 2.89. The number of nitrogens with zero attached hydrogens (tertiary/aromatic N) is 3. The first-order valence-corrected chi connectivity index (χ1v) is 9.21. The first kappa shape index (κ1) is 15.6. The van der Waals surface area contributed by atoms with E-state index in [1.54, 1.807) is 0 Å². The molecule has 4 heterocycles. The Kier molecular flexibility index (Phi) is 4.52. The second kappa shape index (κ2) is 6.93. The number of aromatic nitrogens is 2. The smallest absolute Gasteiger partial charge is 0.236 e. The molecule has 0 unspecified atom stereocenters. The average molecular weight is 326 g/mol. The van der Waals surface area contributed by atoms with Gasteiger partial charge in [-0.15, -0.1) is 0 Å². The van der Waals surface area contributed by atoms with Crippen LogP contribution < -0.4 is 0 Å². The number of hydrogen-bond donors (Lipinski definition) is 1. The Balaban J connectivity index is 1.28. The Morgan fingerprint density at radius 3 is 2.75 bits per heavy atom. The number of fused-ring (bicyclic) bond motifs is 1. The van der Waals surface area contributed by atoms with Crippen LogP contribution in [0.4, 0.5) is 0 Å². The molecular weight excluding hydrogens is 300 g/mol. The highest BCUT2D eigenvalue weighted by Crippen LogP contribution is 2.24. The van der Waals surface area contributed by atoms with Crippen LogP contribution in [0.15, 0.2) is 24.5 Å². The number of likely N-dealkylation sites (tertiary alicyclic amines) is 2. The molecule has 1 N–H and O–H groups in total. The van der Waals surface area contributed by atoms with E-state index in [1.165, 1.54) is 31.1 Å². The summed E-state index contributed by atoms with van der Waals surface area (Å²) in [6.07, 6.45) is 9.90. The number of H-pyrrole nitrogens is 1. The van der Waals surface area contributed by atoms with Crippen LogP contribution in [-0.2, 0) is 11.2 Å². The molecular formula is C19H26N4O. The van der Waals surface area contributed by atoms with Crippen molar-refractivity contribution in [3.8, 4) is 0 Å². The number of aromatic amines is 1. The molecule has 2 aliphatic rings. The number of rotatable bonds is 4. The van der Waals surface area contributed by atoms with Crippen molar-refractivity contribution in [3.63, 3.8) is 0 Å². The van der Waals surface area contributed by atoms with Crippen LogP contribution in [0.3, 0.4) is 0 Å². The van der Waals surface area contributed by atoms with Gasteiger partial charge < -0.3 is 9.88 Å². The third-order valence-electron chi connectivity index (χ3n) is 5.40. The molecule has 2 saturated heterocycles. The summed E-state index contributed by atoms with van der Waals surface area (Å²) in [5.74, 6) is 0.846. The highest BCUT2D eigenvalue weighted by atomic mass is 16.2. The van der Waals surface area contributed by atoms with Crippen LogP contribution in [0.2, 0.25) is 0 Å². The van der Waals surface area contributed by atoms with E-state index in [9.17, 15) is 4.79 Å². The van der Waals surface area contributed by atoms with Crippen LogP contribution in [0.1, 0.15) is 31.4 Å². The first-order chi connectivity index (χ1) is 11.8. The molecule has 0 aromatic carbocycles. The van der Waals surface area contributed by atoms with Gasteiger partial charge in [0.25, 0.3) is 0 Å². The van der Waals surface area contributed by atoms with Gasteiger partial charge >= 0.3 is 0 Å². The fourth-order valence-corrected chi connectivity index (χ4v) is 3.96. The summed E-state index contributed by atoms with van der Waals surface area (Å²) in [5, 5.41) is 1.22. The van der Waals surface area contributed by atoms with Gasteiger partial charge in [-0.2, -0.15) is 0 Å². The highest BCUT2D eigenvalue weighted by molar-refractivity contribution is 5.81. The molecule has 0 radical (unpaired) electrons. The minimum atomic E-state index is 0.305. The molecule has 5 nitrogen and oxygen atoms in total. The number of pyridine rings is 1. The topological polar surface area (TPSA) is 52.2 Å². The molecule has 0 saturated carbocycles. The minimum Gasteiger partial charge on any atom is -0.360 e. The molecule has 0 bridgehead atoms. The van der Waals surface area contributed by atoms with Gasteiger partial charge in [-0.3, -0.25) is 14.7 Å². The zero-order chi connectivity index (χ0) is 16.4. The third kappa shape index (κ3) is 3.31. The van der Waals surface area contributed by atoms with E-state index < -0.39 is 0 Å². The zero-order valence-electron chi connectivity index (χ0n) is 14.2. The lowest BCUT2D eigenvalue weighted by atomic mass is 9.93. The van der Waals surface area contributed by atoms with E-state index in [0.29, 0.717) is 18.4 Å². The van der Waals surface area contributed by atoms with Crippen LogP contribution in [-0.4, -0.2) is 58.4 Å². The molecule has 2 fully saturated rings. The van der Waals surface area contributed by atoms with Crippen molar-refractivity contribution in [2.75, 3.05) is 32.7 Å². The van der Waals surface area contributed by atoms with Crippen LogP contribution in [0.5, 0.6) is 0 Å².